The number of rotatable bonds is 4. The Morgan fingerprint density at radius 1 is 1.15 bits per heavy atom. The Labute approximate surface area is 153 Å². The quantitative estimate of drug-likeness (QED) is 0.884. The first-order valence-corrected chi connectivity index (χ1v) is 9.44. The number of aliphatic carboxylic acids is 1. The molecule has 0 unspecified atom stereocenters. The summed E-state index contributed by atoms with van der Waals surface area (Å²) in [6.07, 6.45) is 10.0. The number of fused-ring (bicyclic) bond motifs is 2. The molecule has 4 heteroatoms. The summed E-state index contributed by atoms with van der Waals surface area (Å²) in [6, 6.07) is 10.1. The number of anilines is 1. The van der Waals surface area contributed by atoms with Crippen LogP contribution in [-0.4, -0.2) is 29.1 Å². The minimum atomic E-state index is -0.760. The second kappa shape index (κ2) is 7.32. The van der Waals surface area contributed by atoms with Crippen molar-refractivity contribution in [3.05, 3.63) is 59.2 Å². The summed E-state index contributed by atoms with van der Waals surface area (Å²) in [6.45, 7) is 1.88. The number of carboxylic acids is 1. The summed E-state index contributed by atoms with van der Waals surface area (Å²) >= 11 is 0. The fourth-order valence-corrected chi connectivity index (χ4v) is 3.99. The number of nitrogens with zero attached hydrogens (tertiary/aromatic N) is 2. The Morgan fingerprint density at radius 3 is 2.81 bits per heavy atom. The van der Waals surface area contributed by atoms with E-state index in [1.807, 2.05) is 24.3 Å². The van der Waals surface area contributed by atoms with Gasteiger partial charge in [0, 0.05) is 24.9 Å². The van der Waals surface area contributed by atoms with Crippen molar-refractivity contribution >= 4 is 22.7 Å². The molecule has 134 valence electrons. The molecule has 1 N–H and O–H groups in total. The largest absolute Gasteiger partial charge is 0.481 e. The Morgan fingerprint density at radius 2 is 1.96 bits per heavy atom. The summed E-state index contributed by atoms with van der Waals surface area (Å²) in [5, 5.41) is 10.2. The molecule has 4 rings (SSSR count). The van der Waals surface area contributed by atoms with Gasteiger partial charge in [-0.2, -0.15) is 0 Å². The number of pyridine rings is 1. The Bertz CT molecular complexity index is 898. The molecule has 0 atom stereocenters. The van der Waals surface area contributed by atoms with E-state index in [4.69, 9.17) is 10.1 Å². The maximum atomic E-state index is 11.1. The molecule has 4 nitrogen and oxygen atoms in total. The average molecular weight is 348 g/mol. The van der Waals surface area contributed by atoms with Crippen molar-refractivity contribution in [2.75, 3.05) is 18.0 Å². The number of aromatic nitrogens is 1. The van der Waals surface area contributed by atoms with Crippen molar-refractivity contribution < 1.29 is 9.90 Å². The zero-order chi connectivity index (χ0) is 17.9. The van der Waals surface area contributed by atoms with E-state index in [9.17, 15) is 4.79 Å². The summed E-state index contributed by atoms with van der Waals surface area (Å²) < 4.78 is 0. The van der Waals surface area contributed by atoms with Gasteiger partial charge in [-0.15, -0.1) is 0 Å². The lowest BCUT2D eigenvalue weighted by Crippen LogP contribution is -2.26. The first kappa shape index (κ1) is 16.8. The predicted molar refractivity (Wildman–Crippen MR) is 105 cm³/mol. The summed E-state index contributed by atoms with van der Waals surface area (Å²) in [5.41, 5.74) is 4.97. The van der Waals surface area contributed by atoms with Gasteiger partial charge in [-0.1, -0.05) is 30.4 Å². The van der Waals surface area contributed by atoms with Gasteiger partial charge in [0.25, 0.3) is 0 Å². The third kappa shape index (κ3) is 3.50. The van der Waals surface area contributed by atoms with Crippen LogP contribution in [0.3, 0.4) is 0 Å². The molecule has 2 heterocycles. The third-order valence-electron chi connectivity index (χ3n) is 5.32. The van der Waals surface area contributed by atoms with Gasteiger partial charge >= 0.3 is 5.97 Å². The lowest BCUT2D eigenvalue weighted by Gasteiger charge is -2.24. The molecular formula is C22H24N2O2. The molecule has 0 radical (unpaired) electrons. The normalized spacial score (nSPS) is 17.3. The van der Waals surface area contributed by atoms with Gasteiger partial charge in [0.05, 0.1) is 5.52 Å². The fraction of sp³-hybridized carbons (Fsp3) is 0.364. The highest BCUT2D eigenvalue weighted by molar-refractivity contribution is 5.84. The molecule has 2 aliphatic rings. The number of carbonyl (C=O) groups is 1. The maximum Gasteiger partial charge on any atom is 0.303 e. The number of allylic oxidation sites excluding steroid dienone is 2. The minimum Gasteiger partial charge on any atom is -0.481 e. The van der Waals surface area contributed by atoms with E-state index in [1.54, 1.807) is 0 Å². The van der Waals surface area contributed by atoms with E-state index >= 15 is 0 Å². The summed E-state index contributed by atoms with van der Waals surface area (Å²) in [4.78, 5) is 18.3. The second-order valence-electron chi connectivity index (χ2n) is 7.11. The zero-order valence-corrected chi connectivity index (χ0v) is 14.9. The van der Waals surface area contributed by atoms with Crippen LogP contribution in [0.2, 0.25) is 0 Å². The zero-order valence-electron chi connectivity index (χ0n) is 14.9. The fourth-order valence-electron chi connectivity index (χ4n) is 3.99. The molecule has 1 aliphatic carbocycles. The van der Waals surface area contributed by atoms with Crippen molar-refractivity contribution in [2.45, 2.75) is 38.5 Å². The Hall–Kier alpha value is -2.62. The third-order valence-corrected chi connectivity index (χ3v) is 5.32. The number of hydrogen-bond acceptors (Lipinski definition) is 3. The van der Waals surface area contributed by atoms with E-state index in [0.29, 0.717) is 6.42 Å². The average Bonchev–Trinajstić information content (AvgIpc) is 2.88. The summed E-state index contributed by atoms with van der Waals surface area (Å²) in [5.74, 6) is 0.209. The van der Waals surface area contributed by atoms with Crippen molar-refractivity contribution in [2.24, 2.45) is 0 Å². The standard InChI is InChI=1S/C22H24N2O2/c25-22(26)12-11-17-14-21(23-20-10-4-3-9-19(17)20)24-13-5-8-16-6-1-2-7-18(16)15-24/h3-4,6-7,9-10,14H,1-2,5,8,11-13,15H2,(H,25,26). The topological polar surface area (TPSA) is 53.4 Å². The molecule has 0 spiro atoms. The van der Waals surface area contributed by atoms with Crippen molar-refractivity contribution in [1.29, 1.82) is 0 Å². The lowest BCUT2D eigenvalue weighted by molar-refractivity contribution is -0.136. The second-order valence-corrected chi connectivity index (χ2v) is 7.11. The predicted octanol–water partition coefficient (Wildman–Crippen LogP) is 4.50. The lowest BCUT2D eigenvalue weighted by atomic mass is 9.95. The molecule has 1 aromatic heterocycles. The smallest absolute Gasteiger partial charge is 0.303 e. The van der Waals surface area contributed by atoms with Crippen molar-refractivity contribution in [3.8, 4) is 0 Å². The van der Waals surface area contributed by atoms with E-state index in [2.05, 4.69) is 23.1 Å². The number of carboxylic acid groups (broad SMARTS) is 1. The van der Waals surface area contributed by atoms with Gasteiger partial charge in [-0.05, 0) is 60.9 Å². The number of aryl methyl sites for hydroxylation is 1. The van der Waals surface area contributed by atoms with Gasteiger partial charge in [-0.3, -0.25) is 4.79 Å². The molecule has 0 saturated carbocycles. The van der Waals surface area contributed by atoms with Gasteiger partial charge < -0.3 is 10.0 Å². The SMILES string of the molecule is O=C(O)CCc1cc(N2CCCC3=CCCC=C3C2)nc2ccccc12. The number of benzene rings is 1. The van der Waals surface area contributed by atoms with Crippen LogP contribution in [0.1, 0.15) is 37.7 Å². The number of hydrogen-bond donors (Lipinski definition) is 1. The molecule has 1 aliphatic heterocycles. The van der Waals surface area contributed by atoms with Crippen LogP contribution in [0.5, 0.6) is 0 Å². The number of para-hydroxylation sites is 1. The van der Waals surface area contributed by atoms with Gasteiger partial charge in [-0.25, -0.2) is 4.98 Å². The molecule has 0 amide bonds. The molecule has 1 fully saturated rings. The summed E-state index contributed by atoms with van der Waals surface area (Å²) in [7, 11) is 0. The van der Waals surface area contributed by atoms with Crippen molar-refractivity contribution in [1.82, 2.24) is 4.98 Å². The van der Waals surface area contributed by atoms with Gasteiger partial charge in [0.2, 0.25) is 0 Å². The van der Waals surface area contributed by atoms with E-state index < -0.39 is 5.97 Å². The molecular weight excluding hydrogens is 324 g/mol. The molecule has 2 aromatic rings. The van der Waals surface area contributed by atoms with E-state index in [-0.39, 0.29) is 6.42 Å². The molecule has 26 heavy (non-hydrogen) atoms. The van der Waals surface area contributed by atoms with Crippen LogP contribution in [0.4, 0.5) is 5.82 Å². The highest BCUT2D eigenvalue weighted by Gasteiger charge is 2.20. The highest BCUT2D eigenvalue weighted by Crippen LogP contribution is 2.31. The Balaban J connectivity index is 1.70. The van der Waals surface area contributed by atoms with Crippen LogP contribution in [-0.2, 0) is 11.2 Å². The van der Waals surface area contributed by atoms with Gasteiger partial charge in [0.15, 0.2) is 0 Å². The van der Waals surface area contributed by atoms with E-state index in [0.717, 1.165) is 61.1 Å². The van der Waals surface area contributed by atoms with Crippen LogP contribution >= 0.6 is 0 Å². The van der Waals surface area contributed by atoms with Crippen molar-refractivity contribution in [3.63, 3.8) is 0 Å². The van der Waals surface area contributed by atoms with Gasteiger partial charge in [0.1, 0.15) is 5.82 Å². The molecule has 1 aromatic carbocycles. The van der Waals surface area contributed by atoms with Crippen LogP contribution < -0.4 is 4.90 Å². The minimum absolute atomic E-state index is 0.144. The van der Waals surface area contributed by atoms with Crippen LogP contribution in [0, 0.1) is 0 Å². The van der Waals surface area contributed by atoms with Crippen LogP contribution in [0.15, 0.2) is 53.6 Å². The first-order chi connectivity index (χ1) is 12.7. The molecule has 0 bridgehead atoms. The molecule has 1 saturated heterocycles. The first-order valence-electron chi connectivity index (χ1n) is 9.44. The van der Waals surface area contributed by atoms with Crippen LogP contribution in [0.25, 0.3) is 10.9 Å². The highest BCUT2D eigenvalue weighted by atomic mass is 16.4. The maximum absolute atomic E-state index is 11.1. The Kier molecular flexibility index (Phi) is 4.74. The monoisotopic (exact) mass is 348 g/mol. The van der Waals surface area contributed by atoms with E-state index in [1.165, 1.54) is 11.1 Å².